The van der Waals surface area contributed by atoms with Crippen molar-refractivity contribution >= 4 is 27.9 Å². The number of imidazole rings is 1. The van der Waals surface area contributed by atoms with Crippen molar-refractivity contribution in [2.75, 3.05) is 11.9 Å². The second kappa shape index (κ2) is 6.24. The smallest absolute Gasteiger partial charge is 0.406 e. The summed E-state index contributed by atoms with van der Waals surface area (Å²) in [4.78, 5) is 17.1. The SMILES string of the molecule is CN(Cc1ccc(OC(F)(F)F)cc1)c1nc2sccn2c1[N+](=O)[O-]. The van der Waals surface area contributed by atoms with Crippen molar-refractivity contribution in [2.45, 2.75) is 12.9 Å². The molecule has 2 heterocycles. The number of anilines is 1. The molecule has 132 valence electrons. The van der Waals surface area contributed by atoms with Crippen LogP contribution in [0.25, 0.3) is 4.96 Å². The van der Waals surface area contributed by atoms with Crippen LogP contribution < -0.4 is 9.64 Å². The molecule has 0 fully saturated rings. The van der Waals surface area contributed by atoms with Crippen LogP contribution in [0.15, 0.2) is 35.8 Å². The van der Waals surface area contributed by atoms with Gasteiger partial charge in [-0.3, -0.25) is 0 Å². The van der Waals surface area contributed by atoms with E-state index in [0.29, 0.717) is 10.5 Å². The van der Waals surface area contributed by atoms with Gasteiger partial charge in [0, 0.05) is 19.0 Å². The maximum Gasteiger partial charge on any atom is 0.573 e. The van der Waals surface area contributed by atoms with Crippen LogP contribution in [0.2, 0.25) is 0 Å². The van der Waals surface area contributed by atoms with Crippen LogP contribution in [-0.2, 0) is 6.54 Å². The number of hydrogen-bond acceptors (Lipinski definition) is 6. The van der Waals surface area contributed by atoms with Gasteiger partial charge >= 0.3 is 12.2 Å². The number of nitro groups is 1. The lowest BCUT2D eigenvalue weighted by Crippen LogP contribution is -2.19. The third-order valence-corrected chi connectivity index (χ3v) is 4.09. The maximum absolute atomic E-state index is 12.2. The van der Waals surface area contributed by atoms with Crippen molar-refractivity contribution in [3.05, 3.63) is 51.5 Å². The van der Waals surface area contributed by atoms with Gasteiger partial charge in [-0.25, -0.2) is 0 Å². The molecule has 0 aliphatic rings. The van der Waals surface area contributed by atoms with Crippen LogP contribution >= 0.6 is 11.3 Å². The first kappa shape index (κ1) is 17.0. The summed E-state index contributed by atoms with van der Waals surface area (Å²) in [5, 5.41) is 13.0. The molecule has 0 aliphatic carbocycles. The zero-order chi connectivity index (χ0) is 18.2. The average Bonchev–Trinajstić information content (AvgIpc) is 3.07. The van der Waals surface area contributed by atoms with E-state index in [9.17, 15) is 23.3 Å². The topological polar surface area (TPSA) is 72.9 Å². The van der Waals surface area contributed by atoms with E-state index in [1.54, 1.807) is 23.5 Å². The molecule has 0 unspecified atom stereocenters. The zero-order valence-electron chi connectivity index (χ0n) is 12.7. The molecule has 3 aromatic rings. The molecule has 25 heavy (non-hydrogen) atoms. The number of nitrogens with zero attached hydrogens (tertiary/aromatic N) is 4. The van der Waals surface area contributed by atoms with Gasteiger partial charge in [-0.05, 0) is 22.6 Å². The molecule has 0 saturated carbocycles. The Hall–Kier alpha value is -2.82. The van der Waals surface area contributed by atoms with Crippen LogP contribution in [0.5, 0.6) is 5.75 Å². The first-order valence-electron chi connectivity index (χ1n) is 6.90. The van der Waals surface area contributed by atoms with Gasteiger partial charge in [0.25, 0.3) is 4.96 Å². The predicted molar refractivity (Wildman–Crippen MR) is 85.0 cm³/mol. The normalized spacial score (nSPS) is 11.7. The van der Waals surface area contributed by atoms with Gasteiger partial charge in [0.1, 0.15) is 11.9 Å². The Morgan fingerprint density at radius 3 is 2.64 bits per heavy atom. The summed E-state index contributed by atoms with van der Waals surface area (Å²) in [5.74, 6) is -0.296. The summed E-state index contributed by atoms with van der Waals surface area (Å²) in [6, 6.07) is 5.30. The van der Waals surface area contributed by atoms with E-state index in [1.165, 1.54) is 40.0 Å². The van der Waals surface area contributed by atoms with E-state index in [1.807, 2.05) is 0 Å². The predicted octanol–water partition coefficient (Wildman–Crippen LogP) is 3.84. The van der Waals surface area contributed by atoms with Crippen molar-refractivity contribution in [1.82, 2.24) is 9.38 Å². The van der Waals surface area contributed by atoms with E-state index >= 15 is 0 Å². The molecule has 0 bridgehead atoms. The second-order valence-electron chi connectivity index (χ2n) is 5.12. The quantitative estimate of drug-likeness (QED) is 0.503. The number of thiazole rings is 1. The standard InChI is InChI=1S/C14H11F3N4O3S/c1-19(8-9-2-4-10(5-3-9)24-14(15,16)17)11-12(21(22)23)20-6-7-25-13(20)18-11/h2-7H,8H2,1H3. The highest BCUT2D eigenvalue weighted by Crippen LogP contribution is 2.31. The molecule has 7 nitrogen and oxygen atoms in total. The lowest BCUT2D eigenvalue weighted by atomic mass is 10.2. The number of ether oxygens (including phenoxy) is 1. The minimum absolute atomic E-state index is 0.157. The number of aromatic nitrogens is 2. The average molecular weight is 372 g/mol. The van der Waals surface area contributed by atoms with E-state index in [-0.39, 0.29) is 23.9 Å². The Morgan fingerprint density at radius 2 is 2.04 bits per heavy atom. The fourth-order valence-electron chi connectivity index (χ4n) is 2.33. The molecule has 3 rings (SSSR count). The van der Waals surface area contributed by atoms with Gasteiger partial charge in [-0.1, -0.05) is 23.5 Å². The molecule has 0 radical (unpaired) electrons. The summed E-state index contributed by atoms with van der Waals surface area (Å²) in [7, 11) is 1.62. The molecule has 0 aliphatic heterocycles. The highest BCUT2D eigenvalue weighted by molar-refractivity contribution is 7.15. The molecule has 0 amide bonds. The minimum atomic E-state index is -4.75. The molecular weight excluding hydrogens is 361 g/mol. The van der Waals surface area contributed by atoms with Crippen molar-refractivity contribution in [3.8, 4) is 5.75 Å². The largest absolute Gasteiger partial charge is 0.573 e. The second-order valence-corrected chi connectivity index (χ2v) is 5.99. The van der Waals surface area contributed by atoms with Gasteiger partial charge in [0.05, 0.1) is 0 Å². The number of hydrogen-bond donors (Lipinski definition) is 0. The van der Waals surface area contributed by atoms with Crippen LogP contribution in [0, 0.1) is 10.1 Å². The lowest BCUT2D eigenvalue weighted by Gasteiger charge is -2.16. The molecule has 0 N–H and O–H groups in total. The van der Waals surface area contributed by atoms with Crippen molar-refractivity contribution in [3.63, 3.8) is 0 Å². The van der Waals surface area contributed by atoms with Crippen LogP contribution in [-0.4, -0.2) is 27.7 Å². The first-order chi connectivity index (χ1) is 11.7. The lowest BCUT2D eigenvalue weighted by molar-refractivity contribution is -0.389. The molecule has 1 aromatic carbocycles. The van der Waals surface area contributed by atoms with Crippen molar-refractivity contribution in [1.29, 1.82) is 0 Å². The summed E-state index contributed by atoms with van der Waals surface area (Å²) < 4.78 is 41.7. The fraction of sp³-hybridized carbons (Fsp3) is 0.214. The van der Waals surface area contributed by atoms with Crippen LogP contribution in [0.4, 0.5) is 24.8 Å². The van der Waals surface area contributed by atoms with Crippen molar-refractivity contribution < 1.29 is 22.8 Å². The molecule has 2 aromatic heterocycles. The van der Waals surface area contributed by atoms with Gasteiger partial charge in [0.15, 0.2) is 0 Å². The Kier molecular flexibility index (Phi) is 4.25. The van der Waals surface area contributed by atoms with Gasteiger partial charge in [-0.15, -0.1) is 13.2 Å². The number of rotatable bonds is 5. The molecule has 11 heteroatoms. The van der Waals surface area contributed by atoms with Crippen LogP contribution in [0.1, 0.15) is 5.56 Å². The summed E-state index contributed by atoms with van der Waals surface area (Å²) >= 11 is 1.27. The van der Waals surface area contributed by atoms with Gasteiger partial charge in [0.2, 0.25) is 5.82 Å². The Bertz CT molecular complexity index is 904. The van der Waals surface area contributed by atoms with Crippen LogP contribution in [0.3, 0.4) is 0 Å². The van der Waals surface area contributed by atoms with Gasteiger partial charge in [-0.2, -0.15) is 9.38 Å². The highest BCUT2D eigenvalue weighted by atomic mass is 32.1. The van der Waals surface area contributed by atoms with E-state index in [0.717, 1.165) is 0 Å². The number of fused-ring (bicyclic) bond motifs is 1. The molecule has 0 saturated heterocycles. The van der Waals surface area contributed by atoms with E-state index in [2.05, 4.69) is 9.72 Å². The third-order valence-electron chi connectivity index (χ3n) is 3.33. The van der Waals surface area contributed by atoms with Gasteiger partial charge < -0.3 is 19.8 Å². The fourth-order valence-corrected chi connectivity index (χ4v) is 3.04. The number of benzene rings is 1. The highest BCUT2D eigenvalue weighted by Gasteiger charge is 2.31. The monoisotopic (exact) mass is 372 g/mol. The number of alkyl halides is 3. The zero-order valence-corrected chi connectivity index (χ0v) is 13.5. The summed E-state index contributed by atoms with van der Waals surface area (Å²) in [5.41, 5.74) is 0.655. The summed E-state index contributed by atoms with van der Waals surface area (Å²) in [6.45, 7) is 0.234. The molecular formula is C14H11F3N4O3S. The maximum atomic E-state index is 12.2. The Balaban J connectivity index is 1.80. The third kappa shape index (κ3) is 3.65. The molecule has 0 atom stereocenters. The Morgan fingerprint density at radius 1 is 1.36 bits per heavy atom. The minimum Gasteiger partial charge on any atom is -0.406 e. The van der Waals surface area contributed by atoms with Crippen molar-refractivity contribution in [2.24, 2.45) is 0 Å². The first-order valence-corrected chi connectivity index (χ1v) is 7.78. The van der Waals surface area contributed by atoms with E-state index in [4.69, 9.17) is 0 Å². The molecule has 0 spiro atoms. The number of halogens is 3. The van der Waals surface area contributed by atoms with E-state index < -0.39 is 11.3 Å². The summed E-state index contributed by atoms with van der Waals surface area (Å²) in [6.07, 6.45) is -3.19. The Labute approximate surface area is 143 Å².